The molecule has 0 bridgehead atoms. The van der Waals surface area contributed by atoms with E-state index in [2.05, 4.69) is 13.8 Å². The average Bonchev–Trinajstić information content (AvgIpc) is 2.70. The molecule has 0 fully saturated rings. The van der Waals surface area contributed by atoms with Crippen LogP contribution in [0.2, 0.25) is 0 Å². The van der Waals surface area contributed by atoms with Gasteiger partial charge in [-0.2, -0.15) is 0 Å². The second-order valence-electron chi connectivity index (χ2n) is 7.24. The lowest BCUT2D eigenvalue weighted by atomic mass is 9.92. The van der Waals surface area contributed by atoms with E-state index in [1.54, 1.807) is 26.0 Å². The van der Waals surface area contributed by atoms with Crippen LogP contribution in [0, 0.1) is 0 Å². The highest BCUT2D eigenvalue weighted by Gasteiger charge is 2.29. The molecule has 0 amide bonds. The molecule has 0 aliphatic carbocycles. The molecule has 0 aromatic rings. The summed E-state index contributed by atoms with van der Waals surface area (Å²) in [6.45, 7) is 7.73. The quantitative estimate of drug-likeness (QED) is 0.0993. The number of carboxylic acids is 2. The van der Waals surface area contributed by atoms with Gasteiger partial charge in [-0.05, 0) is 49.7 Å². The van der Waals surface area contributed by atoms with Crippen molar-refractivity contribution < 1.29 is 24.6 Å². The summed E-state index contributed by atoms with van der Waals surface area (Å²) < 4.78 is 0. The first-order valence-electron chi connectivity index (χ1n) is 11.2. The Balaban J connectivity index is 6.04. The Bertz CT molecular complexity index is 634. The molecule has 0 saturated heterocycles. The highest BCUT2D eigenvalue weighted by molar-refractivity contribution is 6.32. The summed E-state index contributed by atoms with van der Waals surface area (Å²) >= 11 is 0. The third kappa shape index (κ3) is 9.86. The zero-order chi connectivity index (χ0) is 22.9. The third-order valence-electron chi connectivity index (χ3n) is 4.87. The molecule has 0 rings (SSSR count). The van der Waals surface area contributed by atoms with Crippen LogP contribution >= 0.6 is 0 Å². The Labute approximate surface area is 181 Å². The predicted molar refractivity (Wildman–Crippen MR) is 121 cm³/mol. The molecule has 0 unspecified atom stereocenters. The number of unbranched alkanes of at least 4 members (excludes halogenated alkanes) is 6. The second-order valence-corrected chi connectivity index (χ2v) is 7.24. The Morgan fingerprint density at radius 1 is 0.633 bits per heavy atom. The molecule has 0 heterocycles. The van der Waals surface area contributed by atoms with Crippen molar-refractivity contribution in [3.8, 4) is 0 Å². The predicted octanol–water partition coefficient (Wildman–Crippen LogP) is 6.41. The van der Waals surface area contributed by atoms with Crippen LogP contribution in [0.4, 0.5) is 0 Å². The van der Waals surface area contributed by atoms with Crippen LogP contribution in [0.15, 0.2) is 46.6 Å². The number of rotatable bonds is 16. The number of carbonyl (C=O) groups excluding carboxylic acids is 1. The summed E-state index contributed by atoms with van der Waals surface area (Å²) in [5.74, 6) is -3.72. The van der Waals surface area contributed by atoms with Crippen LogP contribution in [-0.4, -0.2) is 27.9 Å². The summed E-state index contributed by atoms with van der Waals surface area (Å²) in [5.41, 5.74) is -0.200. The van der Waals surface area contributed by atoms with E-state index in [4.69, 9.17) is 0 Å². The number of aliphatic carboxylic acids is 2. The Kier molecular flexibility index (Phi) is 15.0. The Hall–Kier alpha value is -2.43. The van der Waals surface area contributed by atoms with Crippen LogP contribution in [0.25, 0.3) is 0 Å². The minimum Gasteiger partial charge on any atom is -0.478 e. The maximum absolute atomic E-state index is 13.1. The van der Waals surface area contributed by atoms with Gasteiger partial charge < -0.3 is 10.2 Å². The van der Waals surface area contributed by atoms with E-state index in [0.29, 0.717) is 24.0 Å². The lowest BCUT2D eigenvalue weighted by Crippen LogP contribution is -2.22. The monoisotopic (exact) mass is 418 g/mol. The SMILES string of the molecule is CCCCCC=CC(CC)=C(C(=O)O)C(=O)C(C(=O)O)=C(C=CCCCCC)CC. The van der Waals surface area contributed by atoms with Crippen LogP contribution in [0.5, 0.6) is 0 Å². The molecule has 2 N–H and O–H groups in total. The Morgan fingerprint density at radius 3 is 1.27 bits per heavy atom. The maximum Gasteiger partial charge on any atom is 0.339 e. The van der Waals surface area contributed by atoms with E-state index >= 15 is 0 Å². The summed E-state index contributed by atoms with van der Waals surface area (Å²) in [4.78, 5) is 36.9. The molecular formula is C25H38O5. The van der Waals surface area contributed by atoms with Gasteiger partial charge >= 0.3 is 11.9 Å². The maximum atomic E-state index is 13.1. The molecule has 0 saturated carbocycles. The first-order chi connectivity index (χ1) is 14.3. The van der Waals surface area contributed by atoms with Crippen molar-refractivity contribution in [3.05, 3.63) is 46.6 Å². The molecule has 0 spiro atoms. The number of hydrogen-bond donors (Lipinski definition) is 2. The van der Waals surface area contributed by atoms with Gasteiger partial charge in [-0.15, -0.1) is 0 Å². The van der Waals surface area contributed by atoms with E-state index in [-0.39, 0.29) is 0 Å². The fraction of sp³-hybridized carbons (Fsp3) is 0.560. The standard InChI is InChI=1S/C25H38O5/c1-5-9-11-13-15-17-19(7-3)21(24(27)28)23(26)22(25(29)30)20(8-4)18-16-14-12-10-6-2/h15-18H,5-14H2,1-4H3,(H,27,28)(H,29,30). The summed E-state index contributed by atoms with van der Waals surface area (Å²) in [6.07, 6.45) is 15.6. The molecular weight excluding hydrogens is 380 g/mol. The molecule has 0 aromatic heterocycles. The smallest absolute Gasteiger partial charge is 0.339 e. The zero-order valence-corrected chi connectivity index (χ0v) is 19.0. The highest BCUT2D eigenvalue weighted by Crippen LogP contribution is 2.21. The van der Waals surface area contributed by atoms with Crippen molar-refractivity contribution in [2.24, 2.45) is 0 Å². The minimum absolute atomic E-state index is 0.332. The van der Waals surface area contributed by atoms with E-state index in [0.717, 1.165) is 51.4 Å². The van der Waals surface area contributed by atoms with Gasteiger partial charge in [0.15, 0.2) is 0 Å². The molecule has 0 atom stereocenters. The van der Waals surface area contributed by atoms with Crippen molar-refractivity contribution in [2.75, 3.05) is 0 Å². The first-order valence-corrected chi connectivity index (χ1v) is 11.2. The molecule has 0 aromatic carbocycles. The Morgan fingerprint density at radius 2 is 1.00 bits per heavy atom. The molecule has 0 aliphatic heterocycles. The molecule has 30 heavy (non-hydrogen) atoms. The number of ketones is 1. The van der Waals surface area contributed by atoms with Crippen LogP contribution in [-0.2, 0) is 14.4 Å². The van der Waals surface area contributed by atoms with Gasteiger partial charge in [0.2, 0.25) is 5.78 Å². The van der Waals surface area contributed by atoms with E-state index in [9.17, 15) is 24.6 Å². The molecule has 5 heteroatoms. The molecule has 0 radical (unpaired) electrons. The van der Waals surface area contributed by atoms with Crippen molar-refractivity contribution in [1.29, 1.82) is 0 Å². The highest BCUT2D eigenvalue weighted by atomic mass is 16.4. The van der Waals surface area contributed by atoms with Gasteiger partial charge in [-0.25, -0.2) is 9.59 Å². The second kappa shape index (κ2) is 16.4. The normalized spacial score (nSPS) is 13.5. The molecule has 168 valence electrons. The van der Waals surface area contributed by atoms with E-state index in [1.165, 1.54) is 0 Å². The molecule has 5 nitrogen and oxygen atoms in total. The van der Waals surface area contributed by atoms with E-state index < -0.39 is 28.9 Å². The van der Waals surface area contributed by atoms with Gasteiger partial charge in [0.05, 0.1) is 0 Å². The summed E-state index contributed by atoms with van der Waals surface area (Å²) in [5, 5.41) is 19.4. The number of Topliss-reactive ketones (excluding diaryl/α,β-unsaturated/α-hetero) is 1. The average molecular weight is 419 g/mol. The van der Waals surface area contributed by atoms with Gasteiger partial charge in [-0.3, -0.25) is 4.79 Å². The van der Waals surface area contributed by atoms with Crippen molar-refractivity contribution >= 4 is 17.7 Å². The van der Waals surface area contributed by atoms with Gasteiger partial charge in [0.1, 0.15) is 11.1 Å². The largest absolute Gasteiger partial charge is 0.478 e. The van der Waals surface area contributed by atoms with Gasteiger partial charge in [0, 0.05) is 0 Å². The number of carboxylic acid groups (broad SMARTS) is 2. The van der Waals surface area contributed by atoms with Gasteiger partial charge in [-0.1, -0.05) is 77.7 Å². The number of carbonyl (C=O) groups is 3. The van der Waals surface area contributed by atoms with Crippen molar-refractivity contribution in [1.82, 2.24) is 0 Å². The number of allylic oxidation sites excluding steroid dienone is 6. The van der Waals surface area contributed by atoms with Crippen LogP contribution < -0.4 is 0 Å². The lowest BCUT2D eigenvalue weighted by molar-refractivity contribution is -0.135. The van der Waals surface area contributed by atoms with Crippen molar-refractivity contribution in [3.63, 3.8) is 0 Å². The third-order valence-corrected chi connectivity index (χ3v) is 4.87. The zero-order valence-electron chi connectivity index (χ0n) is 19.0. The number of hydrogen-bond acceptors (Lipinski definition) is 3. The molecule has 0 aliphatic rings. The summed E-state index contributed by atoms with van der Waals surface area (Å²) in [6, 6.07) is 0. The lowest BCUT2D eigenvalue weighted by Gasteiger charge is -2.10. The fourth-order valence-corrected chi connectivity index (χ4v) is 3.12. The van der Waals surface area contributed by atoms with Crippen LogP contribution in [0.1, 0.15) is 91.9 Å². The van der Waals surface area contributed by atoms with Crippen LogP contribution in [0.3, 0.4) is 0 Å². The topological polar surface area (TPSA) is 91.7 Å². The van der Waals surface area contributed by atoms with Crippen molar-refractivity contribution in [2.45, 2.75) is 91.9 Å². The first kappa shape index (κ1) is 27.6. The van der Waals surface area contributed by atoms with E-state index in [1.807, 2.05) is 12.2 Å². The summed E-state index contributed by atoms with van der Waals surface area (Å²) in [7, 11) is 0. The fourth-order valence-electron chi connectivity index (χ4n) is 3.12. The minimum atomic E-state index is -1.39. The van der Waals surface area contributed by atoms with Gasteiger partial charge in [0.25, 0.3) is 0 Å².